The summed E-state index contributed by atoms with van der Waals surface area (Å²) in [7, 11) is 1.46. The highest BCUT2D eigenvalue weighted by atomic mass is 19.4. The molecule has 0 aliphatic heterocycles. The largest absolute Gasteiger partial charge is 0.449 e. The van der Waals surface area contributed by atoms with Crippen molar-refractivity contribution in [1.29, 1.82) is 0 Å². The third-order valence-electron chi connectivity index (χ3n) is 3.12. The van der Waals surface area contributed by atoms with Crippen LogP contribution >= 0.6 is 0 Å². The van der Waals surface area contributed by atoms with E-state index < -0.39 is 17.6 Å². The van der Waals surface area contributed by atoms with Crippen LogP contribution in [0.15, 0.2) is 18.2 Å². The smallest absolute Gasteiger partial charge is 0.399 e. The normalized spacial score (nSPS) is 13.1. The van der Waals surface area contributed by atoms with E-state index in [9.17, 15) is 13.2 Å². The molecule has 0 aliphatic rings. The fourth-order valence-electron chi connectivity index (χ4n) is 1.97. The summed E-state index contributed by atoms with van der Waals surface area (Å²) in [5.41, 5.74) is 5.84. The van der Waals surface area contributed by atoms with Gasteiger partial charge in [-0.3, -0.25) is 0 Å². The molecule has 0 saturated carbocycles. The molecule has 0 fully saturated rings. The number of fused-ring (bicyclic) bond motifs is 1. The zero-order valence-electron chi connectivity index (χ0n) is 11.5. The van der Waals surface area contributed by atoms with E-state index in [1.807, 2.05) is 0 Å². The predicted octanol–water partition coefficient (Wildman–Crippen LogP) is 3.06. The highest BCUT2D eigenvalue weighted by Gasteiger charge is 2.38. The molecule has 0 atom stereocenters. The number of nitrogens with zero attached hydrogens (tertiary/aromatic N) is 2. The zero-order chi connectivity index (χ0) is 15.1. The minimum absolute atomic E-state index is 0.0404. The Bertz CT molecular complexity index is 632. The molecule has 1 aromatic carbocycles. The lowest BCUT2D eigenvalue weighted by Gasteiger charge is -2.25. The van der Waals surface area contributed by atoms with Gasteiger partial charge in [-0.15, -0.1) is 0 Å². The summed E-state index contributed by atoms with van der Waals surface area (Å²) in [5, 5.41) is 0. The van der Waals surface area contributed by atoms with Gasteiger partial charge in [-0.1, -0.05) is 0 Å². The lowest BCUT2D eigenvalue weighted by Crippen LogP contribution is -2.31. The first-order valence-electron chi connectivity index (χ1n) is 6.02. The molecule has 2 aromatic rings. The van der Waals surface area contributed by atoms with Gasteiger partial charge in [0.15, 0.2) is 0 Å². The fraction of sp³-hybridized carbons (Fsp3) is 0.462. The first-order chi connectivity index (χ1) is 9.14. The Morgan fingerprint density at radius 3 is 2.50 bits per heavy atom. The molecule has 110 valence electrons. The van der Waals surface area contributed by atoms with Gasteiger partial charge in [-0.05, 0) is 32.0 Å². The van der Waals surface area contributed by atoms with Crippen LogP contribution in [0.25, 0.3) is 11.0 Å². The molecular weight excluding hydrogens is 271 g/mol. The number of rotatable bonds is 3. The maximum absolute atomic E-state index is 13.1. The zero-order valence-corrected chi connectivity index (χ0v) is 11.5. The number of halogens is 3. The van der Waals surface area contributed by atoms with Crippen molar-refractivity contribution in [3.8, 4) is 0 Å². The highest BCUT2D eigenvalue weighted by Crippen LogP contribution is 2.33. The van der Waals surface area contributed by atoms with Crippen molar-refractivity contribution in [3.05, 3.63) is 24.0 Å². The Hall–Kier alpha value is -1.76. The van der Waals surface area contributed by atoms with E-state index in [-0.39, 0.29) is 12.1 Å². The van der Waals surface area contributed by atoms with Crippen molar-refractivity contribution in [3.63, 3.8) is 0 Å². The molecule has 0 saturated heterocycles. The molecule has 0 spiro atoms. The van der Waals surface area contributed by atoms with Gasteiger partial charge >= 0.3 is 6.18 Å². The van der Waals surface area contributed by atoms with Gasteiger partial charge in [-0.2, -0.15) is 13.2 Å². The predicted molar refractivity (Wildman–Crippen MR) is 70.2 cm³/mol. The maximum Gasteiger partial charge on any atom is 0.449 e. The molecule has 0 amide bonds. The van der Waals surface area contributed by atoms with Gasteiger partial charge in [0.2, 0.25) is 5.82 Å². The van der Waals surface area contributed by atoms with Gasteiger partial charge in [0, 0.05) is 12.8 Å². The molecule has 4 nitrogen and oxygen atoms in total. The van der Waals surface area contributed by atoms with Crippen LogP contribution in [-0.4, -0.2) is 22.3 Å². The van der Waals surface area contributed by atoms with Gasteiger partial charge in [0.1, 0.15) is 0 Å². The molecule has 0 radical (unpaired) electrons. The van der Waals surface area contributed by atoms with E-state index in [0.717, 1.165) is 4.57 Å². The number of nitrogen functional groups attached to an aromatic ring is 1. The molecule has 2 rings (SSSR count). The molecular formula is C13H16F3N3O. The average Bonchev–Trinajstić information content (AvgIpc) is 2.66. The molecule has 1 aromatic heterocycles. The van der Waals surface area contributed by atoms with E-state index in [1.54, 1.807) is 26.0 Å². The van der Waals surface area contributed by atoms with Crippen LogP contribution in [0, 0.1) is 0 Å². The number of hydrogen-bond acceptors (Lipinski definition) is 3. The number of hydrogen-bond donors (Lipinski definition) is 1. The quantitative estimate of drug-likeness (QED) is 0.883. The number of nitrogens with two attached hydrogens (primary N) is 1. The number of aromatic nitrogens is 2. The Morgan fingerprint density at radius 2 is 1.95 bits per heavy atom. The van der Waals surface area contributed by atoms with E-state index in [1.165, 1.54) is 13.2 Å². The number of ether oxygens (including phenoxy) is 1. The summed E-state index contributed by atoms with van der Waals surface area (Å²) < 4.78 is 45.7. The Labute approximate surface area is 114 Å². The van der Waals surface area contributed by atoms with Gasteiger partial charge in [0.25, 0.3) is 0 Å². The van der Waals surface area contributed by atoms with E-state index in [4.69, 9.17) is 10.5 Å². The molecule has 0 unspecified atom stereocenters. The summed E-state index contributed by atoms with van der Waals surface area (Å²) in [6.45, 7) is 3.48. The van der Waals surface area contributed by atoms with E-state index >= 15 is 0 Å². The van der Waals surface area contributed by atoms with Gasteiger partial charge in [0.05, 0.1) is 23.2 Å². The third-order valence-corrected chi connectivity index (χ3v) is 3.12. The number of benzene rings is 1. The van der Waals surface area contributed by atoms with Crippen molar-refractivity contribution < 1.29 is 17.9 Å². The first-order valence-corrected chi connectivity index (χ1v) is 6.02. The number of alkyl halides is 3. The molecule has 2 N–H and O–H groups in total. The second-order valence-corrected chi connectivity index (χ2v) is 5.23. The van der Waals surface area contributed by atoms with Crippen molar-refractivity contribution in [2.45, 2.75) is 32.2 Å². The lowest BCUT2D eigenvalue weighted by atomic mass is 10.1. The SMILES string of the molecule is COC(C)(C)Cn1c(C(F)(F)F)nc2cc(N)ccc21. The number of anilines is 1. The van der Waals surface area contributed by atoms with E-state index in [2.05, 4.69) is 4.98 Å². The fourth-order valence-corrected chi connectivity index (χ4v) is 1.97. The van der Waals surface area contributed by atoms with Crippen molar-refractivity contribution in [2.24, 2.45) is 0 Å². The van der Waals surface area contributed by atoms with Crippen LogP contribution in [0.5, 0.6) is 0 Å². The molecule has 0 bridgehead atoms. The number of imidazole rings is 1. The van der Waals surface area contributed by atoms with Crippen LogP contribution in [0.2, 0.25) is 0 Å². The second kappa shape index (κ2) is 4.66. The third kappa shape index (κ3) is 2.72. The van der Waals surface area contributed by atoms with Gasteiger partial charge in [-0.25, -0.2) is 4.98 Å². The standard InChI is InChI=1S/C13H16F3N3O/c1-12(2,20-3)7-19-10-5-4-8(17)6-9(10)18-11(19)13(14,15)16/h4-6H,7,17H2,1-3H3. The van der Waals surface area contributed by atoms with Crippen LogP contribution in [0.1, 0.15) is 19.7 Å². The maximum atomic E-state index is 13.1. The Balaban J connectivity index is 2.65. The van der Waals surface area contributed by atoms with Crippen LogP contribution in [-0.2, 0) is 17.5 Å². The molecule has 20 heavy (non-hydrogen) atoms. The minimum Gasteiger partial charge on any atom is -0.399 e. The second-order valence-electron chi connectivity index (χ2n) is 5.23. The number of methoxy groups -OCH3 is 1. The first kappa shape index (κ1) is 14.6. The van der Waals surface area contributed by atoms with Crippen LogP contribution < -0.4 is 5.73 Å². The molecule has 7 heteroatoms. The molecule has 1 heterocycles. The summed E-state index contributed by atoms with van der Waals surface area (Å²) in [5.74, 6) is -0.941. The summed E-state index contributed by atoms with van der Waals surface area (Å²) in [6.07, 6.45) is -4.53. The molecule has 0 aliphatic carbocycles. The topological polar surface area (TPSA) is 53.1 Å². The Kier molecular flexibility index (Phi) is 3.41. The minimum atomic E-state index is -4.53. The summed E-state index contributed by atoms with van der Waals surface area (Å²) >= 11 is 0. The van der Waals surface area contributed by atoms with E-state index in [0.29, 0.717) is 11.2 Å². The van der Waals surface area contributed by atoms with Crippen molar-refractivity contribution in [2.75, 3.05) is 12.8 Å². The van der Waals surface area contributed by atoms with Crippen LogP contribution in [0.3, 0.4) is 0 Å². The van der Waals surface area contributed by atoms with Crippen molar-refractivity contribution in [1.82, 2.24) is 9.55 Å². The lowest BCUT2D eigenvalue weighted by molar-refractivity contribution is -0.148. The van der Waals surface area contributed by atoms with Crippen LogP contribution in [0.4, 0.5) is 18.9 Å². The summed E-state index contributed by atoms with van der Waals surface area (Å²) in [4.78, 5) is 3.67. The monoisotopic (exact) mass is 287 g/mol. The summed E-state index contributed by atoms with van der Waals surface area (Å²) in [6, 6.07) is 4.53. The average molecular weight is 287 g/mol. The Morgan fingerprint density at radius 1 is 1.30 bits per heavy atom. The highest BCUT2D eigenvalue weighted by molar-refractivity contribution is 5.79. The van der Waals surface area contributed by atoms with Gasteiger partial charge < -0.3 is 15.0 Å². The van der Waals surface area contributed by atoms with Crippen molar-refractivity contribution >= 4 is 16.7 Å².